The fourth-order valence-corrected chi connectivity index (χ4v) is 5.70. The zero-order chi connectivity index (χ0) is 25.6. The van der Waals surface area contributed by atoms with Gasteiger partial charge in [-0.3, -0.25) is 9.88 Å². The molecule has 0 amide bonds. The summed E-state index contributed by atoms with van der Waals surface area (Å²) in [4.78, 5) is 15.2. The van der Waals surface area contributed by atoms with E-state index >= 15 is 4.39 Å². The van der Waals surface area contributed by atoms with Gasteiger partial charge < -0.3 is 10.1 Å². The predicted octanol–water partition coefficient (Wildman–Crippen LogP) is 5.97. The van der Waals surface area contributed by atoms with Crippen molar-refractivity contribution >= 4 is 27.5 Å². The second-order valence-electron chi connectivity index (χ2n) is 9.74. The van der Waals surface area contributed by atoms with Crippen molar-refractivity contribution in [2.45, 2.75) is 37.4 Å². The van der Waals surface area contributed by atoms with Gasteiger partial charge in [0.1, 0.15) is 30.2 Å². The number of benzene rings is 2. The number of nitrogens with one attached hydrogen (secondary N) is 1. The van der Waals surface area contributed by atoms with Crippen LogP contribution in [0, 0.1) is 5.82 Å². The maximum atomic E-state index is 16.0. The Balaban J connectivity index is 1.43. The van der Waals surface area contributed by atoms with Crippen molar-refractivity contribution in [3.63, 3.8) is 0 Å². The average Bonchev–Trinajstić information content (AvgIpc) is 3.46. The fourth-order valence-electron chi connectivity index (χ4n) is 5.70. The Hall–Kier alpha value is -3.53. The van der Waals surface area contributed by atoms with Crippen molar-refractivity contribution < 1.29 is 22.3 Å². The molecule has 6 rings (SSSR count). The van der Waals surface area contributed by atoms with Gasteiger partial charge >= 0.3 is 12.2 Å². The van der Waals surface area contributed by atoms with Crippen molar-refractivity contribution in [1.82, 2.24) is 19.9 Å². The van der Waals surface area contributed by atoms with Crippen LogP contribution in [0.4, 0.5) is 23.4 Å². The molecule has 0 atom stereocenters. The number of hydrogen-bond donors (Lipinski definition) is 1. The van der Waals surface area contributed by atoms with E-state index in [1.165, 1.54) is 6.20 Å². The number of ether oxygens (including phenoxy) is 1. The van der Waals surface area contributed by atoms with Crippen LogP contribution in [-0.2, 0) is 0 Å². The van der Waals surface area contributed by atoms with Crippen molar-refractivity contribution in [3.05, 3.63) is 54.5 Å². The molecular weight excluding hydrogens is 486 g/mol. The van der Waals surface area contributed by atoms with Gasteiger partial charge in [-0.2, -0.15) is 23.1 Å². The van der Waals surface area contributed by atoms with Crippen LogP contribution in [0.25, 0.3) is 32.9 Å². The van der Waals surface area contributed by atoms with Crippen LogP contribution in [-0.4, -0.2) is 57.8 Å². The standard InChI is InChI=1S/C27H25F4N5O/c28-21-22(19-9-3-7-17-6-1-2-8-18(17)19)32-14-20-23(21)34-25(35-24(20)33-15-27(29,30)31)37-16-26-10-4-12-36(26)13-5-11-26/h1-3,6-9,14H,4-5,10-13,15-16H2,(H,33,34,35). The van der Waals surface area contributed by atoms with Crippen LogP contribution in [0.3, 0.4) is 0 Å². The van der Waals surface area contributed by atoms with Crippen LogP contribution >= 0.6 is 0 Å². The van der Waals surface area contributed by atoms with Crippen molar-refractivity contribution in [3.8, 4) is 17.3 Å². The number of nitrogens with zero attached hydrogens (tertiary/aromatic N) is 4. The molecule has 1 N–H and O–H groups in total. The first-order valence-electron chi connectivity index (χ1n) is 12.4. The molecule has 2 aromatic carbocycles. The molecule has 0 radical (unpaired) electrons. The maximum Gasteiger partial charge on any atom is 0.405 e. The summed E-state index contributed by atoms with van der Waals surface area (Å²) in [6.07, 6.45) is 0.906. The van der Waals surface area contributed by atoms with E-state index in [0.717, 1.165) is 49.5 Å². The van der Waals surface area contributed by atoms with Crippen LogP contribution in [0.1, 0.15) is 25.7 Å². The Labute approximate surface area is 210 Å². The third-order valence-electron chi connectivity index (χ3n) is 7.45. The van der Waals surface area contributed by atoms with Crippen LogP contribution < -0.4 is 10.1 Å². The minimum atomic E-state index is -4.49. The molecule has 2 aromatic heterocycles. The van der Waals surface area contributed by atoms with Gasteiger partial charge in [0.2, 0.25) is 0 Å². The molecule has 192 valence electrons. The zero-order valence-corrected chi connectivity index (χ0v) is 20.0. The van der Waals surface area contributed by atoms with E-state index in [9.17, 15) is 13.2 Å². The number of rotatable bonds is 6. The second-order valence-corrected chi connectivity index (χ2v) is 9.74. The summed E-state index contributed by atoms with van der Waals surface area (Å²) in [6.45, 7) is 0.965. The van der Waals surface area contributed by atoms with E-state index in [2.05, 4.69) is 25.2 Å². The summed E-state index contributed by atoms with van der Waals surface area (Å²) in [5.41, 5.74) is 0.365. The largest absolute Gasteiger partial charge is 0.461 e. The number of aromatic nitrogens is 3. The van der Waals surface area contributed by atoms with Crippen LogP contribution in [0.2, 0.25) is 0 Å². The molecule has 0 spiro atoms. The van der Waals surface area contributed by atoms with E-state index in [1.54, 1.807) is 6.07 Å². The lowest BCUT2D eigenvalue weighted by atomic mass is 9.95. The number of halogens is 4. The van der Waals surface area contributed by atoms with Gasteiger partial charge in [0.25, 0.3) is 0 Å². The lowest BCUT2D eigenvalue weighted by Gasteiger charge is -2.31. The number of pyridine rings is 1. The summed E-state index contributed by atoms with van der Waals surface area (Å²) >= 11 is 0. The molecule has 4 heterocycles. The highest BCUT2D eigenvalue weighted by atomic mass is 19.4. The number of alkyl halides is 3. The summed E-state index contributed by atoms with van der Waals surface area (Å²) in [7, 11) is 0. The minimum Gasteiger partial charge on any atom is -0.461 e. The van der Waals surface area contributed by atoms with E-state index in [-0.39, 0.29) is 34.0 Å². The van der Waals surface area contributed by atoms with Gasteiger partial charge in [0, 0.05) is 11.8 Å². The van der Waals surface area contributed by atoms with Gasteiger partial charge in [-0.25, -0.2) is 4.39 Å². The Morgan fingerprint density at radius 3 is 2.51 bits per heavy atom. The second kappa shape index (κ2) is 9.09. The van der Waals surface area contributed by atoms with Crippen molar-refractivity contribution in [1.29, 1.82) is 0 Å². The smallest absolute Gasteiger partial charge is 0.405 e. The monoisotopic (exact) mass is 511 g/mol. The Kier molecular flexibility index (Phi) is 5.86. The number of hydrogen-bond acceptors (Lipinski definition) is 6. The highest BCUT2D eigenvalue weighted by Gasteiger charge is 2.45. The normalized spacial score (nSPS) is 17.4. The van der Waals surface area contributed by atoms with Gasteiger partial charge in [-0.1, -0.05) is 42.5 Å². The molecule has 0 unspecified atom stereocenters. The molecule has 2 aliphatic rings. The van der Waals surface area contributed by atoms with Crippen molar-refractivity contribution in [2.75, 3.05) is 31.6 Å². The van der Waals surface area contributed by atoms with Gasteiger partial charge in [0.15, 0.2) is 5.82 Å². The molecule has 4 aromatic rings. The Morgan fingerprint density at radius 1 is 0.973 bits per heavy atom. The molecular formula is C27H25F4N5O. The summed E-state index contributed by atoms with van der Waals surface area (Å²) in [5.74, 6) is -0.905. The molecule has 37 heavy (non-hydrogen) atoms. The van der Waals surface area contributed by atoms with Gasteiger partial charge in [-0.05, 0) is 49.5 Å². The number of fused-ring (bicyclic) bond motifs is 3. The topological polar surface area (TPSA) is 63.2 Å². The first-order chi connectivity index (χ1) is 17.8. The highest BCUT2D eigenvalue weighted by Crippen LogP contribution is 2.39. The van der Waals surface area contributed by atoms with Crippen LogP contribution in [0.15, 0.2) is 48.7 Å². The first kappa shape index (κ1) is 23.8. The molecule has 2 saturated heterocycles. The molecule has 6 nitrogen and oxygen atoms in total. The minimum absolute atomic E-state index is 0.0552. The summed E-state index contributed by atoms with van der Waals surface area (Å²) in [6, 6.07) is 12.9. The molecule has 0 aliphatic carbocycles. The maximum absolute atomic E-state index is 16.0. The zero-order valence-electron chi connectivity index (χ0n) is 20.0. The molecule has 2 fully saturated rings. The quantitative estimate of drug-likeness (QED) is 0.322. The lowest BCUT2D eigenvalue weighted by Crippen LogP contribution is -2.43. The third-order valence-corrected chi connectivity index (χ3v) is 7.45. The SMILES string of the molecule is Fc1c(-c2cccc3ccccc23)ncc2c(NCC(F)(F)F)nc(OCC34CCCN3CCC4)nc12. The fraction of sp³-hybridized carbons (Fsp3) is 0.370. The van der Waals surface area contributed by atoms with Crippen LogP contribution in [0.5, 0.6) is 6.01 Å². The third kappa shape index (κ3) is 4.43. The van der Waals surface area contributed by atoms with E-state index in [1.807, 2.05) is 36.4 Å². The highest BCUT2D eigenvalue weighted by molar-refractivity contribution is 5.98. The lowest BCUT2D eigenvalue weighted by molar-refractivity contribution is -0.115. The molecule has 2 aliphatic heterocycles. The predicted molar refractivity (Wildman–Crippen MR) is 133 cm³/mol. The molecule has 0 bridgehead atoms. The summed E-state index contributed by atoms with van der Waals surface area (Å²) < 4.78 is 61.0. The Morgan fingerprint density at radius 2 is 1.73 bits per heavy atom. The van der Waals surface area contributed by atoms with E-state index in [0.29, 0.717) is 12.2 Å². The average molecular weight is 512 g/mol. The first-order valence-corrected chi connectivity index (χ1v) is 12.4. The molecule has 10 heteroatoms. The molecule has 0 saturated carbocycles. The van der Waals surface area contributed by atoms with E-state index in [4.69, 9.17) is 4.74 Å². The van der Waals surface area contributed by atoms with Gasteiger partial charge in [-0.15, -0.1) is 0 Å². The van der Waals surface area contributed by atoms with Gasteiger partial charge in [0.05, 0.1) is 10.9 Å². The Bertz CT molecular complexity index is 1460. The number of anilines is 1. The van der Waals surface area contributed by atoms with Crippen molar-refractivity contribution in [2.24, 2.45) is 0 Å². The summed E-state index contributed by atoms with van der Waals surface area (Å²) in [5, 5.41) is 4.06. The van der Waals surface area contributed by atoms with E-state index < -0.39 is 18.5 Å².